The number of pyridine rings is 1. The zero-order valence-corrected chi connectivity index (χ0v) is 32.0. The molecule has 0 amide bonds. The number of para-hydroxylation sites is 4. The number of furan rings is 1. The van der Waals surface area contributed by atoms with Gasteiger partial charge in [-0.3, -0.25) is 14.1 Å². The molecule has 5 heteroatoms. The van der Waals surface area contributed by atoms with Gasteiger partial charge in [-0.2, -0.15) is 0 Å². The van der Waals surface area contributed by atoms with E-state index in [1.54, 1.807) is 0 Å². The van der Waals surface area contributed by atoms with Crippen LogP contribution in [0, 0.1) is 6.33 Å². The molecular weight excluding hydrogens is 699 g/mol. The van der Waals surface area contributed by atoms with Crippen LogP contribution in [0.4, 0.5) is 0 Å². The number of hydrogen-bond donors (Lipinski definition) is 0. The van der Waals surface area contributed by atoms with Crippen molar-refractivity contribution in [2.24, 2.45) is 0 Å². The number of imidazole rings is 1. The second kappa shape index (κ2) is 13.8. The van der Waals surface area contributed by atoms with E-state index in [-0.39, 0.29) is 5.41 Å². The predicted molar refractivity (Wildman–Crippen MR) is 230 cm³/mol. The second-order valence-corrected chi connectivity index (χ2v) is 15.4. The van der Waals surface area contributed by atoms with Crippen LogP contribution in [0.25, 0.3) is 77.9 Å². The summed E-state index contributed by atoms with van der Waals surface area (Å²) in [4.78, 5) is 4.91. The molecule has 0 fully saturated rings. The Hall–Kier alpha value is -7.24. The van der Waals surface area contributed by atoms with E-state index in [4.69, 9.17) is 14.1 Å². The smallest absolute Gasteiger partial charge is 0.269 e. The lowest BCUT2D eigenvalue weighted by Gasteiger charge is -2.21. The van der Waals surface area contributed by atoms with E-state index in [9.17, 15) is 0 Å². The fraction of sp³-hybridized carbons (Fsp3) is 0.0769. The molecule has 3 heterocycles. The van der Waals surface area contributed by atoms with Crippen LogP contribution < -0.4 is 9.30 Å². The lowest BCUT2D eigenvalue weighted by atomic mass is 9.86. The van der Waals surface area contributed by atoms with E-state index in [2.05, 4.69) is 170 Å². The first kappa shape index (κ1) is 34.3. The number of fused-ring (bicyclic) bond motifs is 4. The van der Waals surface area contributed by atoms with Crippen molar-refractivity contribution in [3.8, 4) is 56.4 Å². The molecule has 3 aromatic heterocycles. The van der Waals surface area contributed by atoms with Crippen LogP contribution in [0.5, 0.6) is 11.5 Å². The number of hydrogen-bond acceptors (Lipinski definition) is 3. The minimum absolute atomic E-state index is 0.0118. The van der Waals surface area contributed by atoms with Crippen molar-refractivity contribution in [3.05, 3.63) is 194 Å². The van der Waals surface area contributed by atoms with Gasteiger partial charge in [0.15, 0.2) is 0 Å². The monoisotopic (exact) mass is 737 g/mol. The molecule has 10 rings (SSSR count). The van der Waals surface area contributed by atoms with Crippen molar-refractivity contribution in [3.63, 3.8) is 0 Å². The van der Waals surface area contributed by atoms with E-state index in [1.165, 1.54) is 5.56 Å². The van der Waals surface area contributed by atoms with Crippen LogP contribution in [0.1, 0.15) is 26.3 Å². The van der Waals surface area contributed by atoms with Crippen molar-refractivity contribution in [1.29, 1.82) is 0 Å². The Morgan fingerprint density at radius 3 is 2.16 bits per heavy atom. The third-order valence-corrected chi connectivity index (χ3v) is 10.7. The van der Waals surface area contributed by atoms with E-state index in [0.717, 1.165) is 77.9 Å². The van der Waals surface area contributed by atoms with E-state index in [1.807, 2.05) is 48.7 Å². The van der Waals surface area contributed by atoms with Crippen LogP contribution in [0.2, 0.25) is 0 Å². The normalized spacial score (nSPS) is 11.8. The zero-order valence-electron chi connectivity index (χ0n) is 32.0. The molecule has 0 aliphatic carbocycles. The molecule has 0 spiro atoms. The first-order valence-electron chi connectivity index (χ1n) is 19.3. The van der Waals surface area contributed by atoms with Crippen molar-refractivity contribution in [2.45, 2.75) is 26.2 Å². The molecule has 0 aliphatic rings. The highest BCUT2D eigenvalue weighted by Crippen LogP contribution is 2.40. The van der Waals surface area contributed by atoms with Gasteiger partial charge in [0, 0.05) is 28.6 Å². The molecule has 0 saturated heterocycles. The Labute approximate surface area is 331 Å². The van der Waals surface area contributed by atoms with Crippen LogP contribution in [0.15, 0.2) is 187 Å². The Morgan fingerprint density at radius 1 is 0.579 bits per heavy atom. The van der Waals surface area contributed by atoms with Gasteiger partial charge in [-0.05, 0) is 81.8 Å². The number of ether oxygens (including phenoxy) is 1. The number of rotatable bonds is 7. The SMILES string of the molecule is CC(C)(C)c1ccnc(-c2ccccc2-c2cccc(-c3ccccc3)c2-[n+]2[c-]n(-c3cccc(Oc4ccc5c(c4)oc4ccccc45)c3)c3ccccc32)c1. The predicted octanol–water partition coefficient (Wildman–Crippen LogP) is 13.1. The topological polar surface area (TPSA) is 44.1 Å². The summed E-state index contributed by atoms with van der Waals surface area (Å²) in [6, 6.07) is 60.9. The number of aromatic nitrogens is 3. The second-order valence-electron chi connectivity index (χ2n) is 15.4. The molecule has 7 aromatic carbocycles. The molecule has 0 radical (unpaired) electrons. The molecule has 5 nitrogen and oxygen atoms in total. The lowest BCUT2D eigenvalue weighted by Crippen LogP contribution is -2.31. The highest BCUT2D eigenvalue weighted by molar-refractivity contribution is 6.05. The van der Waals surface area contributed by atoms with E-state index < -0.39 is 0 Å². The van der Waals surface area contributed by atoms with Crippen LogP contribution in [0.3, 0.4) is 0 Å². The van der Waals surface area contributed by atoms with E-state index in [0.29, 0.717) is 11.5 Å². The molecule has 0 saturated carbocycles. The lowest BCUT2D eigenvalue weighted by molar-refractivity contribution is -0.571. The Kier molecular flexibility index (Phi) is 8.30. The number of benzene rings is 7. The van der Waals surface area contributed by atoms with Gasteiger partial charge < -0.3 is 9.15 Å². The van der Waals surface area contributed by atoms with Crippen molar-refractivity contribution >= 4 is 33.0 Å². The Morgan fingerprint density at radius 2 is 1.28 bits per heavy atom. The molecule has 274 valence electrons. The third kappa shape index (κ3) is 6.24. The van der Waals surface area contributed by atoms with Crippen LogP contribution in [-0.4, -0.2) is 9.55 Å². The summed E-state index contributed by atoms with van der Waals surface area (Å²) in [6.07, 6.45) is 5.74. The molecule has 0 aliphatic heterocycles. The zero-order chi connectivity index (χ0) is 38.5. The molecule has 10 aromatic rings. The van der Waals surface area contributed by atoms with Gasteiger partial charge in [0.2, 0.25) is 0 Å². The Balaban J connectivity index is 1.13. The van der Waals surface area contributed by atoms with Crippen LogP contribution >= 0.6 is 0 Å². The fourth-order valence-corrected chi connectivity index (χ4v) is 7.85. The Bertz CT molecular complexity index is 3090. The maximum Gasteiger partial charge on any atom is 0.269 e. The first-order valence-corrected chi connectivity index (χ1v) is 19.3. The number of nitrogens with zero attached hydrogens (tertiary/aromatic N) is 3. The summed E-state index contributed by atoms with van der Waals surface area (Å²) < 4.78 is 17.0. The van der Waals surface area contributed by atoms with Gasteiger partial charge in [-0.25, -0.2) is 0 Å². The summed E-state index contributed by atoms with van der Waals surface area (Å²) in [5.41, 5.74) is 13.3. The van der Waals surface area contributed by atoms with Crippen molar-refractivity contribution in [2.75, 3.05) is 0 Å². The summed E-state index contributed by atoms with van der Waals surface area (Å²) in [7, 11) is 0. The highest BCUT2D eigenvalue weighted by Gasteiger charge is 2.22. The van der Waals surface area contributed by atoms with Gasteiger partial charge in [0.05, 0.1) is 28.1 Å². The van der Waals surface area contributed by atoms with Gasteiger partial charge in [-0.1, -0.05) is 142 Å². The maximum atomic E-state index is 6.49. The fourth-order valence-electron chi connectivity index (χ4n) is 7.85. The summed E-state index contributed by atoms with van der Waals surface area (Å²) in [6.45, 7) is 6.72. The van der Waals surface area contributed by atoms with Crippen LogP contribution in [-0.2, 0) is 5.41 Å². The van der Waals surface area contributed by atoms with Crippen molar-refractivity contribution < 1.29 is 13.7 Å². The first-order chi connectivity index (χ1) is 27.9. The minimum Gasteiger partial charge on any atom is -0.458 e. The molecule has 0 atom stereocenters. The summed E-state index contributed by atoms with van der Waals surface area (Å²) >= 11 is 0. The summed E-state index contributed by atoms with van der Waals surface area (Å²) in [5, 5.41) is 2.16. The molecule has 0 N–H and O–H groups in total. The largest absolute Gasteiger partial charge is 0.458 e. The average Bonchev–Trinajstić information content (AvgIpc) is 3.82. The maximum absolute atomic E-state index is 6.49. The summed E-state index contributed by atoms with van der Waals surface area (Å²) in [5.74, 6) is 1.42. The van der Waals surface area contributed by atoms with E-state index >= 15 is 0 Å². The van der Waals surface area contributed by atoms with Gasteiger partial charge in [-0.15, -0.1) is 0 Å². The molecule has 57 heavy (non-hydrogen) atoms. The third-order valence-electron chi connectivity index (χ3n) is 10.7. The van der Waals surface area contributed by atoms with Gasteiger partial charge >= 0.3 is 0 Å². The van der Waals surface area contributed by atoms with Gasteiger partial charge in [0.25, 0.3) is 6.33 Å². The molecule has 0 bridgehead atoms. The standard InChI is InChI=1S/C52H39N3O2/c1-52(2,3)36-29-30-53-46(31-36)42-20-8-7-19-41(42)45-23-14-22-40(35-15-5-4-6-16-35)51(45)55-34-54(47-24-10-11-25-48(47)55)37-17-13-18-38(32-37)56-39-27-28-44-43-21-9-12-26-49(43)57-50(44)33-39/h4-33H,1-3H3. The van der Waals surface area contributed by atoms with Crippen molar-refractivity contribution in [1.82, 2.24) is 9.55 Å². The quantitative estimate of drug-likeness (QED) is 0.121. The minimum atomic E-state index is -0.0118. The van der Waals surface area contributed by atoms with Gasteiger partial charge in [0.1, 0.15) is 22.7 Å². The molecular formula is C52H39N3O2. The highest BCUT2D eigenvalue weighted by atomic mass is 16.5. The molecule has 0 unspecified atom stereocenters. The average molecular weight is 738 g/mol.